The molecule has 0 bridgehead atoms. The first-order chi connectivity index (χ1) is 30.3. The number of ether oxygens (including phenoxy) is 4. The van der Waals surface area contributed by atoms with E-state index in [1.54, 1.807) is 24.3 Å². The van der Waals surface area contributed by atoms with Crippen molar-refractivity contribution in [1.82, 2.24) is 0 Å². The number of rotatable bonds is 24. The second kappa shape index (κ2) is 25.3. The van der Waals surface area contributed by atoms with Crippen LogP contribution < -0.4 is 18.9 Å². The van der Waals surface area contributed by atoms with Crippen molar-refractivity contribution < 1.29 is 38.1 Å². The van der Waals surface area contributed by atoms with E-state index in [1.165, 1.54) is 155 Å². The van der Waals surface area contributed by atoms with E-state index in [1.807, 2.05) is 30.3 Å². The van der Waals surface area contributed by atoms with Crippen molar-refractivity contribution in [2.24, 2.45) is 0 Å². The third-order valence-electron chi connectivity index (χ3n) is 10.6. The smallest absolute Gasteiger partial charge is 0.343 e. The number of esters is 4. The monoisotopic (exact) mass is 835 g/mol. The second-order valence-corrected chi connectivity index (χ2v) is 15.5. The Hall–Kier alpha value is -6.53. The van der Waals surface area contributed by atoms with E-state index < -0.39 is 23.9 Å². The SMILES string of the molecule is CCCCCCCCCCCCc1ccc(C(=O)Oc2ccc(C(=O)Oc3cc(OC(=O)c4ccc(OC(=O)c5ccc(CCCCCC)cc5)cc4)ccc3C#N)cc2)cc1. The molecule has 0 spiro atoms. The predicted molar refractivity (Wildman–Crippen MR) is 240 cm³/mol. The molecule has 0 fully saturated rings. The van der Waals surface area contributed by atoms with E-state index in [0.717, 1.165) is 25.7 Å². The van der Waals surface area contributed by atoms with Crippen molar-refractivity contribution >= 4 is 23.9 Å². The fourth-order valence-corrected chi connectivity index (χ4v) is 6.91. The lowest BCUT2D eigenvalue weighted by molar-refractivity contribution is 0.0723. The third kappa shape index (κ3) is 15.2. The quantitative estimate of drug-likeness (QED) is 0.0339. The highest BCUT2D eigenvalue weighted by molar-refractivity contribution is 5.94. The zero-order chi connectivity index (χ0) is 43.9. The zero-order valence-electron chi connectivity index (χ0n) is 36.0. The van der Waals surface area contributed by atoms with E-state index >= 15 is 0 Å². The summed E-state index contributed by atoms with van der Waals surface area (Å²) < 4.78 is 22.1. The Kier molecular flexibility index (Phi) is 19.0. The molecule has 0 aromatic heterocycles. The van der Waals surface area contributed by atoms with Crippen LogP contribution in [-0.2, 0) is 12.8 Å². The molecule has 0 radical (unpaired) electrons. The molecule has 0 atom stereocenters. The van der Waals surface area contributed by atoms with Crippen molar-refractivity contribution in [1.29, 1.82) is 5.26 Å². The van der Waals surface area contributed by atoms with Crippen LogP contribution in [0.4, 0.5) is 0 Å². The standard InChI is InChI=1S/C53H57NO8/c1-3-5-7-9-10-11-12-13-14-16-18-40-21-25-42(26-22-40)51(56)60-47-34-29-44(30-35-47)53(58)62-49-37-48(36-31-45(49)38-54)61-52(57)43-27-32-46(33-28-43)59-50(55)41-23-19-39(20-24-41)17-15-8-6-4-2/h19-37H,3-18H2,1-2H3. The first-order valence-electron chi connectivity index (χ1n) is 22.1. The largest absolute Gasteiger partial charge is 0.423 e. The van der Waals surface area contributed by atoms with Crippen LogP contribution in [0.3, 0.4) is 0 Å². The van der Waals surface area contributed by atoms with E-state index in [-0.39, 0.29) is 39.7 Å². The number of unbranched alkanes of at least 4 members (excludes halogenated alkanes) is 12. The van der Waals surface area contributed by atoms with Crippen molar-refractivity contribution in [3.63, 3.8) is 0 Å². The number of carbonyl (C=O) groups excluding carboxylic acids is 4. The first-order valence-corrected chi connectivity index (χ1v) is 22.1. The highest BCUT2D eigenvalue weighted by atomic mass is 16.6. The summed E-state index contributed by atoms with van der Waals surface area (Å²) in [6.45, 7) is 4.42. The molecule has 5 aromatic rings. The Labute approximate surface area is 366 Å². The maximum absolute atomic E-state index is 13.1. The number of carbonyl (C=O) groups is 4. The van der Waals surface area contributed by atoms with E-state index in [2.05, 4.69) is 13.8 Å². The molecule has 0 aliphatic rings. The van der Waals surface area contributed by atoms with E-state index in [9.17, 15) is 24.4 Å². The maximum atomic E-state index is 13.1. The lowest BCUT2D eigenvalue weighted by Gasteiger charge is -2.10. The summed E-state index contributed by atoms with van der Waals surface area (Å²) in [5, 5.41) is 9.67. The average molecular weight is 836 g/mol. The average Bonchev–Trinajstić information content (AvgIpc) is 3.29. The minimum Gasteiger partial charge on any atom is -0.423 e. The Morgan fingerprint density at radius 2 is 0.726 bits per heavy atom. The zero-order valence-corrected chi connectivity index (χ0v) is 36.0. The summed E-state index contributed by atoms with van der Waals surface area (Å²) in [4.78, 5) is 51.7. The van der Waals surface area contributed by atoms with Crippen LogP contribution in [0, 0.1) is 11.3 Å². The van der Waals surface area contributed by atoms with Gasteiger partial charge in [-0.3, -0.25) is 0 Å². The van der Waals surface area contributed by atoms with Gasteiger partial charge in [0.1, 0.15) is 23.3 Å². The van der Waals surface area contributed by atoms with E-state index in [4.69, 9.17) is 18.9 Å². The molecule has 0 aliphatic heterocycles. The molecule has 0 unspecified atom stereocenters. The molecule has 5 rings (SSSR count). The number of aryl methyl sites for hydroxylation is 2. The highest BCUT2D eigenvalue weighted by Crippen LogP contribution is 2.27. The molecule has 5 aromatic carbocycles. The van der Waals surface area contributed by atoms with Gasteiger partial charge in [-0.15, -0.1) is 0 Å². The topological polar surface area (TPSA) is 129 Å². The van der Waals surface area contributed by atoms with Crippen molar-refractivity contribution in [3.05, 3.63) is 154 Å². The van der Waals surface area contributed by atoms with Gasteiger partial charge in [0.15, 0.2) is 5.75 Å². The van der Waals surface area contributed by atoms with Crippen LogP contribution in [0.1, 0.15) is 162 Å². The Morgan fingerprint density at radius 3 is 1.13 bits per heavy atom. The van der Waals surface area contributed by atoms with Gasteiger partial charge in [0, 0.05) is 6.07 Å². The van der Waals surface area contributed by atoms with Gasteiger partial charge >= 0.3 is 23.9 Å². The Bertz CT molecular complexity index is 2240. The van der Waals surface area contributed by atoms with Gasteiger partial charge in [-0.2, -0.15) is 5.26 Å². The lowest BCUT2D eigenvalue weighted by Crippen LogP contribution is -2.12. The minimum atomic E-state index is -0.774. The van der Waals surface area contributed by atoms with Gasteiger partial charge in [0.25, 0.3) is 0 Å². The fourth-order valence-electron chi connectivity index (χ4n) is 6.91. The van der Waals surface area contributed by atoms with Gasteiger partial charge in [-0.25, -0.2) is 19.2 Å². The predicted octanol–water partition coefficient (Wildman–Crippen LogP) is 13.0. The first kappa shape index (κ1) is 46.5. The Balaban J connectivity index is 1.07. The van der Waals surface area contributed by atoms with Crippen LogP contribution in [0.5, 0.6) is 23.0 Å². The number of hydrogen-bond donors (Lipinski definition) is 0. The van der Waals surface area contributed by atoms with Crippen molar-refractivity contribution in [2.75, 3.05) is 0 Å². The molecule has 0 amide bonds. The molecule has 9 heteroatoms. The van der Waals surface area contributed by atoms with Crippen molar-refractivity contribution in [3.8, 4) is 29.1 Å². The molecular formula is C53H57NO8. The molecule has 0 aliphatic carbocycles. The van der Waals surface area contributed by atoms with Crippen LogP contribution in [-0.4, -0.2) is 23.9 Å². The summed E-state index contributed by atoms with van der Waals surface area (Å²) in [7, 11) is 0. The highest BCUT2D eigenvalue weighted by Gasteiger charge is 2.17. The summed E-state index contributed by atoms with van der Waals surface area (Å²) in [6.07, 6.45) is 19.5. The number of nitrogens with zero attached hydrogens (tertiary/aromatic N) is 1. The van der Waals surface area contributed by atoms with Crippen LogP contribution in [0.15, 0.2) is 115 Å². The molecule has 0 saturated heterocycles. The van der Waals surface area contributed by atoms with Crippen LogP contribution in [0.2, 0.25) is 0 Å². The molecular weight excluding hydrogens is 779 g/mol. The second-order valence-electron chi connectivity index (χ2n) is 15.5. The summed E-state index contributed by atoms with van der Waals surface area (Å²) in [5.74, 6) is -2.08. The third-order valence-corrected chi connectivity index (χ3v) is 10.6. The normalized spacial score (nSPS) is 10.7. The van der Waals surface area contributed by atoms with Crippen LogP contribution in [0.25, 0.3) is 0 Å². The number of hydrogen-bond acceptors (Lipinski definition) is 9. The molecule has 0 saturated carbocycles. The summed E-state index contributed by atoms with van der Waals surface area (Å²) in [5.41, 5.74) is 3.57. The van der Waals surface area contributed by atoms with Gasteiger partial charge in [-0.1, -0.05) is 115 Å². The van der Waals surface area contributed by atoms with Gasteiger partial charge < -0.3 is 18.9 Å². The molecule has 62 heavy (non-hydrogen) atoms. The fraction of sp³-hybridized carbons (Fsp3) is 0.340. The molecule has 0 N–H and O–H groups in total. The van der Waals surface area contributed by atoms with E-state index in [0.29, 0.717) is 11.1 Å². The number of benzene rings is 5. The van der Waals surface area contributed by atoms with Gasteiger partial charge in [0.05, 0.1) is 27.8 Å². The Morgan fingerprint density at radius 1 is 0.403 bits per heavy atom. The summed E-state index contributed by atoms with van der Waals surface area (Å²) >= 11 is 0. The lowest BCUT2D eigenvalue weighted by atomic mass is 10.0. The molecule has 0 heterocycles. The maximum Gasteiger partial charge on any atom is 0.343 e. The number of nitriles is 1. The molecule has 9 nitrogen and oxygen atoms in total. The van der Waals surface area contributed by atoms with Gasteiger partial charge in [0.2, 0.25) is 0 Å². The van der Waals surface area contributed by atoms with Crippen molar-refractivity contribution in [2.45, 2.75) is 117 Å². The van der Waals surface area contributed by atoms with Gasteiger partial charge in [-0.05, 0) is 122 Å². The van der Waals surface area contributed by atoms with Crippen LogP contribution >= 0.6 is 0 Å². The molecule has 322 valence electrons. The summed E-state index contributed by atoms with van der Waals surface area (Å²) in [6, 6.07) is 32.6. The minimum absolute atomic E-state index is 0.0372.